The zero-order chi connectivity index (χ0) is 13.8. The lowest BCUT2D eigenvalue weighted by atomic mass is 10.3. The molecule has 19 heavy (non-hydrogen) atoms. The van der Waals surface area contributed by atoms with Crippen LogP contribution in [0.3, 0.4) is 0 Å². The Hall–Kier alpha value is -2.38. The smallest absolute Gasteiger partial charge is 0.302 e. The highest BCUT2D eigenvalue weighted by Gasteiger charge is 2.08. The highest BCUT2D eigenvalue weighted by Crippen LogP contribution is 2.07. The first-order chi connectivity index (χ1) is 9.08. The lowest BCUT2D eigenvalue weighted by Gasteiger charge is -2.04. The van der Waals surface area contributed by atoms with Gasteiger partial charge in [-0.3, -0.25) is 14.6 Å². The van der Waals surface area contributed by atoms with Crippen molar-refractivity contribution in [1.82, 2.24) is 19.5 Å². The van der Waals surface area contributed by atoms with Crippen molar-refractivity contribution in [2.75, 3.05) is 12.3 Å². The van der Waals surface area contributed by atoms with Crippen LogP contribution >= 0.6 is 0 Å². The second-order valence-corrected chi connectivity index (χ2v) is 4.11. The van der Waals surface area contributed by atoms with Crippen molar-refractivity contribution in [3.05, 3.63) is 16.7 Å². The molecule has 2 rings (SSSR count). The molecule has 2 aromatic rings. The monoisotopic (exact) mass is 265 g/mol. The Morgan fingerprint density at radius 2 is 2.32 bits per heavy atom. The first-order valence-electron chi connectivity index (χ1n) is 5.92. The summed E-state index contributed by atoms with van der Waals surface area (Å²) in [5, 5.41) is 0. The molecule has 0 fully saturated rings. The van der Waals surface area contributed by atoms with Crippen molar-refractivity contribution in [2.24, 2.45) is 0 Å². The fourth-order valence-corrected chi connectivity index (χ4v) is 1.77. The summed E-state index contributed by atoms with van der Waals surface area (Å²) < 4.78 is 6.54. The number of nitrogens with two attached hydrogens (primary N) is 1. The third-order valence-corrected chi connectivity index (χ3v) is 2.60. The standard InChI is InChI=1S/C11H15N5O3/c1-7(17)19-5-3-2-4-16-6-13-9-8(16)10(18)15-11(12)14-9/h6H,2-5H2,1H3,(H3,12,14,15,18). The third-order valence-electron chi connectivity index (χ3n) is 2.60. The summed E-state index contributed by atoms with van der Waals surface area (Å²) in [5.41, 5.74) is 5.87. The molecule has 8 heteroatoms. The predicted octanol–water partition coefficient (Wildman–Crippen LogP) is 0.0451. The van der Waals surface area contributed by atoms with E-state index in [0.717, 1.165) is 12.8 Å². The Balaban J connectivity index is 2.02. The minimum absolute atomic E-state index is 0.0533. The van der Waals surface area contributed by atoms with E-state index < -0.39 is 0 Å². The number of nitrogen functional groups attached to an aromatic ring is 1. The highest BCUT2D eigenvalue weighted by atomic mass is 16.5. The van der Waals surface area contributed by atoms with Crippen molar-refractivity contribution < 1.29 is 9.53 Å². The Bertz CT molecular complexity index is 645. The van der Waals surface area contributed by atoms with Gasteiger partial charge in [0.15, 0.2) is 11.2 Å². The summed E-state index contributed by atoms with van der Waals surface area (Å²) in [5.74, 6) is -0.234. The maximum Gasteiger partial charge on any atom is 0.302 e. The van der Waals surface area contributed by atoms with E-state index in [1.165, 1.54) is 6.92 Å². The van der Waals surface area contributed by atoms with Crippen LogP contribution in [0.15, 0.2) is 11.1 Å². The molecule has 0 aromatic carbocycles. The molecule has 3 N–H and O–H groups in total. The van der Waals surface area contributed by atoms with E-state index in [2.05, 4.69) is 15.0 Å². The summed E-state index contributed by atoms with van der Waals surface area (Å²) >= 11 is 0. The molecule has 0 aliphatic carbocycles. The minimum atomic E-state index is -0.306. The van der Waals surface area contributed by atoms with Gasteiger partial charge in [0.1, 0.15) is 0 Å². The first kappa shape index (κ1) is 13.1. The topological polar surface area (TPSA) is 116 Å². The molecule has 0 radical (unpaired) electrons. The quantitative estimate of drug-likeness (QED) is 0.582. The molecule has 0 aliphatic rings. The predicted molar refractivity (Wildman–Crippen MR) is 68.4 cm³/mol. The van der Waals surface area contributed by atoms with Gasteiger partial charge in [0, 0.05) is 13.5 Å². The van der Waals surface area contributed by atoms with Gasteiger partial charge in [-0.25, -0.2) is 4.98 Å². The van der Waals surface area contributed by atoms with Gasteiger partial charge in [0.05, 0.1) is 12.9 Å². The second-order valence-electron chi connectivity index (χ2n) is 4.11. The number of nitrogens with zero attached hydrogens (tertiary/aromatic N) is 3. The number of hydrogen-bond acceptors (Lipinski definition) is 6. The van der Waals surface area contributed by atoms with Gasteiger partial charge in [-0.05, 0) is 12.8 Å². The van der Waals surface area contributed by atoms with Crippen LogP contribution in [-0.4, -0.2) is 32.1 Å². The van der Waals surface area contributed by atoms with E-state index in [-0.39, 0.29) is 17.5 Å². The SMILES string of the molecule is CC(=O)OCCCCn1cnc2nc(N)[nH]c(=O)c21. The average molecular weight is 265 g/mol. The molecular weight excluding hydrogens is 250 g/mol. The van der Waals surface area contributed by atoms with Crippen molar-refractivity contribution in [3.8, 4) is 0 Å². The first-order valence-corrected chi connectivity index (χ1v) is 5.92. The highest BCUT2D eigenvalue weighted by molar-refractivity contribution is 5.70. The second kappa shape index (κ2) is 5.51. The average Bonchev–Trinajstić information content (AvgIpc) is 2.71. The molecule has 0 spiro atoms. The van der Waals surface area contributed by atoms with Crippen LogP contribution in [0, 0.1) is 0 Å². The van der Waals surface area contributed by atoms with Crippen LogP contribution in [0.5, 0.6) is 0 Å². The molecule has 0 aliphatic heterocycles. The minimum Gasteiger partial charge on any atom is -0.466 e. The van der Waals surface area contributed by atoms with E-state index in [4.69, 9.17) is 10.5 Å². The number of hydrogen-bond donors (Lipinski definition) is 2. The molecule has 0 unspecified atom stereocenters. The van der Waals surface area contributed by atoms with E-state index >= 15 is 0 Å². The summed E-state index contributed by atoms with van der Waals surface area (Å²) in [6.45, 7) is 2.36. The number of imidazole rings is 1. The summed E-state index contributed by atoms with van der Waals surface area (Å²) in [4.78, 5) is 32.8. The number of aryl methyl sites for hydroxylation is 1. The van der Waals surface area contributed by atoms with Crippen LogP contribution < -0.4 is 11.3 Å². The number of esters is 1. The fourth-order valence-electron chi connectivity index (χ4n) is 1.77. The Labute approximate surface area is 108 Å². The van der Waals surface area contributed by atoms with E-state index in [0.29, 0.717) is 24.3 Å². The number of carbonyl (C=O) groups is 1. The Morgan fingerprint density at radius 3 is 3.05 bits per heavy atom. The number of fused-ring (bicyclic) bond motifs is 1. The van der Waals surface area contributed by atoms with E-state index in [1.807, 2.05) is 0 Å². The Kier molecular flexibility index (Phi) is 3.79. The van der Waals surface area contributed by atoms with E-state index in [1.54, 1.807) is 10.9 Å². The number of carbonyl (C=O) groups excluding carboxylic acids is 1. The van der Waals surface area contributed by atoms with Gasteiger partial charge in [-0.1, -0.05) is 0 Å². The molecule has 0 amide bonds. The largest absolute Gasteiger partial charge is 0.466 e. The summed E-state index contributed by atoms with van der Waals surface area (Å²) in [6.07, 6.45) is 3.04. The van der Waals surface area contributed by atoms with Crippen molar-refractivity contribution in [2.45, 2.75) is 26.3 Å². The van der Waals surface area contributed by atoms with Gasteiger partial charge >= 0.3 is 5.97 Å². The number of unbranched alkanes of at least 4 members (excludes halogenated alkanes) is 1. The Morgan fingerprint density at radius 1 is 1.53 bits per heavy atom. The van der Waals surface area contributed by atoms with Crippen LogP contribution in [0.25, 0.3) is 11.2 Å². The van der Waals surface area contributed by atoms with Crippen LogP contribution in [-0.2, 0) is 16.1 Å². The number of rotatable bonds is 5. The van der Waals surface area contributed by atoms with Gasteiger partial charge in [-0.15, -0.1) is 0 Å². The normalized spacial score (nSPS) is 10.8. The molecule has 0 bridgehead atoms. The van der Waals surface area contributed by atoms with Crippen LogP contribution in [0.2, 0.25) is 0 Å². The van der Waals surface area contributed by atoms with Crippen LogP contribution in [0.4, 0.5) is 5.95 Å². The van der Waals surface area contributed by atoms with Crippen LogP contribution in [0.1, 0.15) is 19.8 Å². The molecule has 0 atom stereocenters. The van der Waals surface area contributed by atoms with Gasteiger partial charge in [0.25, 0.3) is 5.56 Å². The lowest BCUT2D eigenvalue weighted by Crippen LogP contribution is -2.14. The lowest BCUT2D eigenvalue weighted by molar-refractivity contribution is -0.141. The molecule has 2 heterocycles. The van der Waals surface area contributed by atoms with Crippen molar-refractivity contribution >= 4 is 23.1 Å². The number of ether oxygens (including phenoxy) is 1. The molecule has 102 valence electrons. The fraction of sp³-hybridized carbons (Fsp3) is 0.455. The maximum atomic E-state index is 11.8. The molecule has 2 aromatic heterocycles. The van der Waals surface area contributed by atoms with Crippen molar-refractivity contribution in [1.29, 1.82) is 0 Å². The number of nitrogens with one attached hydrogen (secondary N) is 1. The van der Waals surface area contributed by atoms with Gasteiger partial charge in [-0.2, -0.15) is 4.98 Å². The number of anilines is 1. The number of aromatic amines is 1. The van der Waals surface area contributed by atoms with Gasteiger partial charge < -0.3 is 15.0 Å². The van der Waals surface area contributed by atoms with Crippen molar-refractivity contribution in [3.63, 3.8) is 0 Å². The third kappa shape index (κ3) is 3.09. The molecule has 0 saturated heterocycles. The maximum absolute atomic E-state index is 11.8. The van der Waals surface area contributed by atoms with Gasteiger partial charge in [0.2, 0.25) is 5.95 Å². The zero-order valence-electron chi connectivity index (χ0n) is 10.5. The zero-order valence-corrected chi connectivity index (χ0v) is 10.5. The summed E-state index contributed by atoms with van der Waals surface area (Å²) in [7, 11) is 0. The summed E-state index contributed by atoms with van der Waals surface area (Å²) in [6, 6.07) is 0. The molecular formula is C11H15N5O3. The molecule has 0 saturated carbocycles. The number of aromatic nitrogens is 4. The van der Waals surface area contributed by atoms with E-state index in [9.17, 15) is 9.59 Å². The molecule has 8 nitrogen and oxygen atoms in total. The number of H-pyrrole nitrogens is 1.